The zero-order chi connectivity index (χ0) is 16.1. The molecule has 0 aliphatic rings. The summed E-state index contributed by atoms with van der Waals surface area (Å²) in [5.41, 5.74) is 1.59. The molecule has 0 saturated heterocycles. The molecule has 0 aliphatic carbocycles. The van der Waals surface area contributed by atoms with Crippen LogP contribution in [0.5, 0.6) is 5.75 Å². The molecule has 2 aromatic carbocycles. The van der Waals surface area contributed by atoms with Gasteiger partial charge in [-0.25, -0.2) is 0 Å². The highest BCUT2D eigenvalue weighted by Crippen LogP contribution is 2.21. The molecule has 0 saturated carbocycles. The zero-order valence-corrected chi connectivity index (χ0v) is 12.7. The van der Waals surface area contributed by atoms with E-state index in [2.05, 4.69) is 10.4 Å². The first-order valence-electron chi connectivity index (χ1n) is 7.27. The fourth-order valence-corrected chi connectivity index (χ4v) is 2.38. The van der Waals surface area contributed by atoms with Crippen molar-refractivity contribution in [1.29, 1.82) is 0 Å². The zero-order valence-electron chi connectivity index (χ0n) is 12.7. The first-order chi connectivity index (χ1) is 11.3. The summed E-state index contributed by atoms with van der Waals surface area (Å²) < 4.78 is 6.77. The standard InChI is InChI=1S/C18H17N3O2/c1-23-16-10-8-15(9-11-16)20-18(22)17(21-13-5-12-19-21)14-6-3-2-4-7-14/h2-13,17H,1H3,(H,20,22)/t17-/m1/s1. The molecule has 1 aromatic heterocycles. The minimum atomic E-state index is -0.520. The fourth-order valence-electron chi connectivity index (χ4n) is 2.38. The van der Waals surface area contributed by atoms with Crippen LogP contribution in [0.4, 0.5) is 5.69 Å². The normalized spacial score (nSPS) is 11.7. The molecule has 5 heteroatoms. The van der Waals surface area contributed by atoms with E-state index < -0.39 is 6.04 Å². The molecule has 116 valence electrons. The number of carbonyl (C=O) groups excluding carboxylic acids is 1. The van der Waals surface area contributed by atoms with E-state index in [1.54, 1.807) is 42.4 Å². The summed E-state index contributed by atoms with van der Waals surface area (Å²) in [5, 5.41) is 7.14. The van der Waals surface area contributed by atoms with Gasteiger partial charge < -0.3 is 10.1 Å². The molecule has 5 nitrogen and oxygen atoms in total. The highest BCUT2D eigenvalue weighted by Gasteiger charge is 2.22. The number of anilines is 1. The summed E-state index contributed by atoms with van der Waals surface area (Å²) in [6.45, 7) is 0. The Labute approximate surface area is 134 Å². The number of hydrogen-bond acceptors (Lipinski definition) is 3. The van der Waals surface area contributed by atoms with Crippen molar-refractivity contribution in [2.75, 3.05) is 12.4 Å². The van der Waals surface area contributed by atoms with Gasteiger partial charge in [-0.15, -0.1) is 0 Å². The van der Waals surface area contributed by atoms with E-state index in [1.165, 1.54) is 0 Å². The predicted molar refractivity (Wildman–Crippen MR) is 88.4 cm³/mol. The number of aromatic nitrogens is 2. The van der Waals surface area contributed by atoms with Crippen molar-refractivity contribution in [2.24, 2.45) is 0 Å². The Morgan fingerprint density at radius 2 is 1.83 bits per heavy atom. The Morgan fingerprint density at radius 3 is 2.43 bits per heavy atom. The number of amides is 1. The van der Waals surface area contributed by atoms with Crippen molar-refractivity contribution in [3.8, 4) is 5.75 Å². The van der Waals surface area contributed by atoms with Gasteiger partial charge in [0.1, 0.15) is 5.75 Å². The summed E-state index contributed by atoms with van der Waals surface area (Å²) in [6.07, 6.45) is 3.45. The largest absolute Gasteiger partial charge is 0.497 e. The molecular formula is C18H17N3O2. The molecule has 1 amide bonds. The minimum absolute atomic E-state index is 0.148. The van der Waals surface area contributed by atoms with Crippen LogP contribution in [-0.4, -0.2) is 22.8 Å². The molecule has 1 heterocycles. The lowest BCUT2D eigenvalue weighted by molar-refractivity contribution is -0.118. The SMILES string of the molecule is COc1ccc(NC(=O)[C@@H](c2ccccc2)n2cccn2)cc1. The van der Waals surface area contributed by atoms with Crippen LogP contribution in [-0.2, 0) is 4.79 Å². The number of ether oxygens (including phenoxy) is 1. The maximum absolute atomic E-state index is 12.8. The fraction of sp³-hybridized carbons (Fsp3) is 0.111. The summed E-state index contributed by atoms with van der Waals surface area (Å²) in [7, 11) is 1.61. The smallest absolute Gasteiger partial charge is 0.253 e. The Hall–Kier alpha value is -3.08. The van der Waals surface area contributed by atoms with Crippen molar-refractivity contribution in [2.45, 2.75) is 6.04 Å². The lowest BCUT2D eigenvalue weighted by atomic mass is 10.1. The van der Waals surface area contributed by atoms with Crippen LogP contribution in [0, 0.1) is 0 Å². The van der Waals surface area contributed by atoms with E-state index in [0.717, 1.165) is 11.3 Å². The van der Waals surface area contributed by atoms with Crippen molar-refractivity contribution in [1.82, 2.24) is 9.78 Å². The highest BCUT2D eigenvalue weighted by atomic mass is 16.5. The van der Waals surface area contributed by atoms with E-state index in [9.17, 15) is 4.79 Å². The highest BCUT2D eigenvalue weighted by molar-refractivity contribution is 5.95. The molecular weight excluding hydrogens is 290 g/mol. The molecule has 3 rings (SSSR count). The van der Waals surface area contributed by atoms with Gasteiger partial charge in [-0.2, -0.15) is 5.10 Å². The van der Waals surface area contributed by atoms with Crippen molar-refractivity contribution in [3.05, 3.63) is 78.6 Å². The van der Waals surface area contributed by atoms with Crippen LogP contribution in [0.15, 0.2) is 73.1 Å². The molecule has 0 radical (unpaired) electrons. The molecule has 1 atom stereocenters. The van der Waals surface area contributed by atoms with Crippen LogP contribution in [0.1, 0.15) is 11.6 Å². The molecule has 3 aromatic rings. The number of carbonyl (C=O) groups is 1. The minimum Gasteiger partial charge on any atom is -0.497 e. The second-order valence-electron chi connectivity index (χ2n) is 5.02. The number of nitrogens with one attached hydrogen (secondary N) is 1. The van der Waals surface area contributed by atoms with Gasteiger partial charge in [0.15, 0.2) is 6.04 Å². The molecule has 0 unspecified atom stereocenters. The van der Waals surface area contributed by atoms with Gasteiger partial charge in [0.25, 0.3) is 5.91 Å². The summed E-state index contributed by atoms with van der Waals surface area (Å²) in [5.74, 6) is 0.597. The maximum atomic E-state index is 12.8. The summed E-state index contributed by atoms with van der Waals surface area (Å²) in [6, 6.07) is 18.1. The number of benzene rings is 2. The monoisotopic (exact) mass is 307 g/mol. The van der Waals surface area contributed by atoms with Crippen LogP contribution in [0.2, 0.25) is 0 Å². The van der Waals surface area contributed by atoms with Crippen LogP contribution >= 0.6 is 0 Å². The third-order valence-corrected chi connectivity index (χ3v) is 3.51. The van der Waals surface area contributed by atoms with Gasteiger partial charge in [-0.3, -0.25) is 9.48 Å². The van der Waals surface area contributed by atoms with E-state index >= 15 is 0 Å². The average molecular weight is 307 g/mol. The Balaban J connectivity index is 1.86. The number of nitrogens with zero attached hydrogens (tertiary/aromatic N) is 2. The van der Waals surface area contributed by atoms with Crippen molar-refractivity contribution in [3.63, 3.8) is 0 Å². The van der Waals surface area contributed by atoms with Gasteiger partial charge in [0.2, 0.25) is 0 Å². The number of methoxy groups -OCH3 is 1. The molecule has 0 spiro atoms. The van der Waals surface area contributed by atoms with Crippen molar-refractivity contribution < 1.29 is 9.53 Å². The van der Waals surface area contributed by atoms with Crippen LogP contribution in [0.3, 0.4) is 0 Å². The Morgan fingerprint density at radius 1 is 1.09 bits per heavy atom. The maximum Gasteiger partial charge on any atom is 0.253 e. The molecule has 0 aliphatic heterocycles. The molecule has 23 heavy (non-hydrogen) atoms. The first-order valence-corrected chi connectivity index (χ1v) is 7.27. The van der Waals surface area contributed by atoms with Gasteiger partial charge in [-0.1, -0.05) is 30.3 Å². The lowest BCUT2D eigenvalue weighted by Gasteiger charge is -2.18. The average Bonchev–Trinajstić information content (AvgIpc) is 3.11. The molecule has 1 N–H and O–H groups in total. The molecule has 0 bridgehead atoms. The Bertz CT molecular complexity index is 753. The first kappa shape index (κ1) is 14.8. The van der Waals surface area contributed by atoms with E-state index in [0.29, 0.717) is 5.69 Å². The Kier molecular flexibility index (Phi) is 4.38. The van der Waals surface area contributed by atoms with Gasteiger partial charge in [-0.05, 0) is 35.9 Å². The van der Waals surface area contributed by atoms with Crippen LogP contribution < -0.4 is 10.1 Å². The summed E-state index contributed by atoms with van der Waals surface area (Å²) >= 11 is 0. The summed E-state index contributed by atoms with van der Waals surface area (Å²) in [4.78, 5) is 12.8. The quantitative estimate of drug-likeness (QED) is 0.788. The third kappa shape index (κ3) is 3.40. The van der Waals surface area contributed by atoms with Gasteiger partial charge >= 0.3 is 0 Å². The van der Waals surface area contributed by atoms with Gasteiger partial charge in [0.05, 0.1) is 7.11 Å². The lowest BCUT2D eigenvalue weighted by Crippen LogP contribution is -2.27. The second-order valence-corrected chi connectivity index (χ2v) is 5.02. The number of rotatable bonds is 5. The second kappa shape index (κ2) is 6.79. The number of hydrogen-bond donors (Lipinski definition) is 1. The van der Waals surface area contributed by atoms with Crippen molar-refractivity contribution >= 4 is 11.6 Å². The van der Waals surface area contributed by atoms with E-state index in [-0.39, 0.29) is 5.91 Å². The topological polar surface area (TPSA) is 56.1 Å². The molecule has 0 fully saturated rings. The predicted octanol–water partition coefficient (Wildman–Crippen LogP) is 3.12. The third-order valence-electron chi connectivity index (χ3n) is 3.51. The van der Waals surface area contributed by atoms with Crippen LogP contribution in [0.25, 0.3) is 0 Å². The van der Waals surface area contributed by atoms with E-state index in [4.69, 9.17) is 4.74 Å². The van der Waals surface area contributed by atoms with E-state index in [1.807, 2.05) is 42.5 Å². The van der Waals surface area contributed by atoms with Gasteiger partial charge in [0, 0.05) is 18.1 Å².